The highest BCUT2D eigenvalue weighted by Crippen LogP contribution is 2.12. The quantitative estimate of drug-likeness (QED) is 0.728. The Hall–Kier alpha value is -2.75. The van der Waals surface area contributed by atoms with Crippen LogP contribution >= 0.6 is 0 Å². The van der Waals surface area contributed by atoms with Crippen molar-refractivity contribution in [1.29, 1.82) is 0 Å². The number of aromatic nitrogens is 4. The van der Waals surface area contributed by atoms with Gasteiger partial charge in [0.2, 0.25) is 0 Å². The van der Waals surface area contributed by atoms with E-state index in [1.165, 1.54) is 0 Å². The highest BCUT2D eigenvalue weighted by molar-refractivity contribution is 5.65. The average Bonchev–Trinajstić information content (AvgIpc) is 2.95. The molecule has 2 aromatic heterocycles. The lowest BCUT2D eigenvalue weighted by Gasteiger charge is -2.04. The zero-order valence-electron chi connectivity index (χ0n) is 11.1. The zero-order chi connectivity index (χ0) is 13.8. The van der Waals surface area contributed by atoms with Gasteiger partial charge in [-0.25, -0.2) is 4.98 Å². The van der Waals surface area contributed by atoms with Crippen molar-refractivity contribution >= 4 is 12.2 Å². The van der Waals surface area contributed by atoms with Gasteiger partial charge in [-0.2, -0.15) is 0 Å². The van der Waals surface area contributed by atoms with Crippen LogP contribution in [0.2, 0.25) is 0 Å². The Morgan fingerprint density at radius 1 is 1.05 bits per heavy atom. The smallest absolute Gasteiger partial charge is 0.137 e. The molecule has 0 bridgehead atoms. The molecule has 0 aliphatic rings. The van der Waals surface area contributed by atoms with Gasteiger partial charge in [0.15, 0.2) is 0 Å². The summed E-state index contributed by atoms with van der Waals surface area (Å²) in [7, 11) is 0. The van der Waals surface area contributed by atoms with E-state index in [2.05, 4.69) is 15.0 Å². The SMILES string of the molecule is Cc1cncc(C=Cc2nccn2-c2ccccc2)n1. The fourth-order valence-corrected chi connectivity index (χ4v) is 1.97. The Morgan fingerprint density at radius 3 is 2.70 bits per heavy atom. The minimum atomic E-state index is 0.826. The van der Waals surface area contributed by atoms with Gasteiger partial charge in [-0.05, 0) is 31.2 Å². The standard InChI is InChI=1S/C16H14N4/c1-13-11-17-12-14(19-13)7-8-16-18-9-10-20(16)15-5-3-2-4-6-15/h2-12H,1H3. The minimum Gasteiger partial charge on any atom is -0.300 e. The molecule has 0 saturated carbocycles. The molecule has 0 aliphatic carbocycles. The first-order valence-electron chi connectivity index (χ1n) is 6.38. The molecule has 3 rings (SSSR count). The molecule has 4 nitrogen and oxygen atoms in total. The van der Waals surface area contributed by atoms with E-state index in [1.54, 1.807) is 18.6 Å². The zero-order valence-corrected chi connectivity index (χ0v) is 11.1. The molecule has 0 N–H and O–H groups in total. The molecule has 0 amide bonds. The molecule has 0 atom stereocenters. The fraction of sp³-hybridized carbons (Fsp3) is 0.0625. The fourth-order valence-electron chi connectivity index (χ4n) is 1.97. The number of hydrogen-bond acceptors (Lipinski definition) is 3. The second kappa shape index (κ2) is 5.48. The van der Waals surface area contributed by atoms with E-state index >= 15 is 0 Å². The lowest BCUT2D eigenvalue weighted by atomic mass is 10.3. The predicted octanol–water partition coefficient (Wildman–Crippen LogP) is 3.14. The second-order valence-corrected chi connectivity index (χ2v) is 4.41. The highest BCUT2D eigenvalue weighted by Gasteiger charge is 2.01. The number of benzene rings is 1. The molecule has 98 valence electrons. The molecule has 3 aromatic rings. The predicted molar refractivity (Wildman–Crippen MR) is 79.3 cm³/mol. The van der Waals surface area contributed by atoms with Crippen molar-refractivity contribution in [3.05, 3.63) is 72.3 Å². The molecular weight excluding hydrogens is 248 g/mol. The second-order valence-electron chi connectivity index (χ2n) is 4.41. The molecule has 0 spiro atoms. The third-order valence-corrected chi connectivity index (χ3v) is 2.88. The van der Waals surface area contributed by atoms with Crippen molar-refractivity contribution in [2.45, 2.75) is 6.92 Å². The summed E-state index contributed by atoms with van der Waals surface area (Å²) in [6, 6.07) is 10.1. The first-order chi connectivity index (χ1) is 9.83. The molecular formula is C16H14N4. The van der Waals surface area contributed by atoms with Gasteiger partial charge in [-0.3, -0.25) is 9.97 Å². The maximum atomic E-state index is 4.39. The van der Waals surface area contributed by atoms with Gasteiger partial charge in [0.05, 0.1) is 17.6 Å². The monoisotopic (exact) mass is 262 g/mol. The molecule has 0 aliphatic heterocycles. The Kier molecular flexibility index (Phi) is 3.37. The van der Waals surface area contributed by atoms with E-state index in [-0.39, 0.29) is 0 Å². The Bertz CT molecular complexity index is 729. The molecule has 0 saturated heterocycles. The maximum Gasteiger partial charge on any atom is 0.137 e. The van der Waals surface area contributed by atoms with Crippen molar-refractivity contribution < 1.29 is 0 Å². The summed E-state index contributed by atoms with van der Waals surface area (Å²) in [5.41, 5.74) is 2.81. The summed E-state index contributed by atoms with van der Waals surface area (Å²) >= 11 is 0. The van der Waals surface area contributed by atoms with Crippen LogP contribution in [0.25, 0.3) is 17.8 Å². The largest absolute Gasteiger partial charge is 0.300 e. The van der Waals surface area contributed by atoms with Crippen LogP contribution in [-0.2, 0) is 0 Å². The van der Waals surface area contributed by atoms with Crippen LogP contribution < -0.4 is 0 Å². The van der Waals surface area contributed by atoms with Crippen LogP contribution in [-0.4, -0.2) is 19.5 Å². The van der Waals surface area contributed by atoms with Crippen LogP contribution in [0, 0.1) is 6.92 Å². The number of para-hydroxylation sites is 1. The number of aryl methyl sites for hydroxylation is 1. The van der Waals surface area contributed by atoms with Crippen LogP contribution in [0.4, 0.5) is 0 Å². The Morgan fingerprint density at radius 2 is 1.90 bits per heavy atom. The normalized spacial score (nSPS) is 11.1. The van der Waals surface area contributed by atoms with Gasteiger partial charge in [0, 0.05) is 24.3 Å². The van der Waals surface area contributed by atoms with Crippen LogP contribution in [0.1, 0.15) is 17.2 Å². The number of rotatable bonds is 3. The van der Waals surface area contributed by atoms with Crippen molar-refractivity contribution in [3.8, 4) is 5.69 Å². The van der Waals surface area contributed by atoms with E-state index in [0.29, 0.717) is 0 Å². The Balaban J connectivity index is 1.91. The van der Waals surface area contributed by atoms with E-state index < -0.39 is 0 Å². The summed E-state index contributed by atoms with van der Waals surface area (Å²) in [6.07, 6.45) is 11.1. The summed E-state index contributed by atoms with van der Waals surface area (Å²) in [4.78, 5) is 12.9. The first kappa shape index (κ1) is 12.3. The van der Waals surface area contributed by atoms with Gasteiger partial charge < -0.3 is 4.57 Å². The van der Waals surface area contributed by atoms with Crippen LogP contribution in [0.3, 0.4) is 0 Å². The highest BCUT2D eigenvalue weighted by atomic mass is 15.1. The topological polar surface area (TPSA) is 43.6 Å². The summed E-state index contributed by atoms with van der Waals surface area (Å²) < 4.78 is 2.03. The average molecular weight is 262 g/mol. The van der Waals surface area contributed by atoms with Crippen molar-refractivity contribution in [2.24, 2.45) is 0 Å². The van der Waals surface area contributed by atoms with Gasteiger partial charge in [0.1, 0.15) is 5.82 Å². The third kappa shape index (κ3) is 2.64. The van der Waals surface area contributed by atoms with Crippen molar-refractivity contribution in [2.75, 3.05) is 0 Å². The van der Waals surface area contributed by atoms with Crippen LogP contribution in [0.5, 0.6) is 0 Å². The van der Waals surface area contributed by atoms with E-state index in [1.807, 2.05) is 60.2 Å². The maximum absolute atomic E-state index is 4.39. The molecule has 0 fully saturated rings. The van der Waals surface area contributed by atoms with Crippen LogP contribution in [0.15, 0.2) is 55.1 Å². The van der Waals surface area contributed by atoms with Crippen molar-refractivity contribution in [1.82, 2.24) is 19.5 Å². The lowest BCUT2D eigenvalue weighted by molar-refractivity contribution is 1.03. The summed E-state index contributed by atoms with van der Waals surface area (Å²) in [6.45, 7) is 1.93. The molecule has 4 heteroatoms. The molecule has 0 radical (unpaired) electrons. The van der Waals surface area contributed by atoms with Gasteiger partial charge >= 0.3 is 0 Å². The number of hydrogen-bond donors (Lipinski definition) is 0. The van der Waals surface area contributed by atoms with Gasteiger partial charge in [0.25, 0.3) is 0 Å². The molecule has 1 aromatic carbocycles. The molecule has 2 heterocycles. The molecule has 20 heavy (non-hydrogen) atoms. The lowest BCUT2D eigenvalue weighted by Crippen LogP contribution is -1.95. The third-order valence-electron chi connectivity index (χ3n) is 2.88. The van der Waals surface area contributed by atoms with E-state index in [0.717, 1.165) is 22.9 Å². The van der Waals surface area contributed by atoms with E-state index in [9.17, 15) is 0 Å². The minimum absolute atomic E-state index is 0.826. The van der Waals surface area contributed by atoms with Gasteiger partial charge in [-0.15, -0.1) is 0 Å². The molecule has 0 unspecified atom stereocenters. The number of imidazole rings is 1. The summed E-state index contributed by atoms with van der Waals surface area (Å²) in [5.74, 6) is 0.861. The summed E-state index contributed by atoms with van der Waals surface area (Å²) in [5, 5.41) is 0. The van der Waals surface area contributed by atoms with Crippen molar-refractivity contribution in [3.63, 3.8) is 0 Å². The number of nitrogens with zero attached hydrogens (tertiary/aromatic N) is 4. The Labute approximate surface area is 117 Å². The first-order valence-corrected chi connectivity index (χ1v) is 6.38. The van der Waals surface area contributed by atoms with Gasteiger partial charge in [-0.1, -0.05) is 18.2 Å². The van der Waals surface area contributed by atoms with E-state index in [4.69, 9.17) is 0 Å².